The van der Waals surface area contributed by atoms with E-state index in [1.54, 1.807) is 12.1 Å². The maximum absolute atomic E-state index is 12.9. The first-order valence-corrected chi connectivity index (χ1v) is 11.0. The maximum Gasteiger partial charge on any atom is 0.272 e. The summed E-state index contributed by atoms with van der Waals surface area (Å²) in [6.07, 6.45) is 1.32. The van der Waals surface area contributed by atoms with Gasteiger partial charge in [0.25, 0.3) is 5.91 Å². The molecule has 2 aromatic carbocycles. The van der Waals surface area contributed by atoms with Gasteiger partial charge in [-0.15, -0.1) is 0 Å². The number of nitrogens with one attached hydrogen (secondary N) is 5. The van der Waals surface area contributed by atoms with Gasteiger partial charge >= 0.3 is 0 Å². The lowest BCUT2D eigenvalue weighted by Gasteiger charge is -2.19. The minimum atomic E-state index is -0.382. The molecule has 176 valence electrons. The fourth-order valence-corrected chi connectivity index (χ4v) is 3.77. The van der Waals surface area contributed by atoms with Gasteiger partial charge in [-0.2, -0.15) is 5.10 Å². The quantitative estimate of drug-likeness (QED) is 0.258. The molecule has 2 amide bonds. The molecule has 0 atom stereocenters. The first-order valence-electron chi connectivity index (χ1n) is 11.0. The van der Waals surface area contributed by atoms with E-state index in [4.69, 9.17) is 0 Å². The highest BCUT2D eigenvalue weighted by Crippen LogP contribution is 2.26. The molecule has 0 saturated carbocycles. The number of anilines is 3. The summed E-state index contributed by atoms with van der Waals surface area (Å²) in [5.74, 6) is 0.0110. The molecule has 1 aliphatic heterocycles. The fraction of sp³-hybridized carbons (Fsp3) is 0.167. The number of hydrogen-bond donors (Lipinski definition) is 5. The lowest BCUT2D eigenvalue weighted by Crippen LogP contribution is -2.28. The van der Waals surface area contributed by atoms with Crippen LogP contribution in [0.2, 0.25) is 0 Å². The second kappa shape index (κ2) is 9.21. The number of fused-ring (bicyclic) bond motifs is 2. The Hall–Kier alpha value is -4.80. The number of carbonyl (C=O) groups is 3. The van der Waals surface area contributed by atoms with Crippen molar-refractivity contribution < 1.29 is 14.4 Å². The number of hydrogen-bond acceptors (Lipinski definition) is 8. The second-order valence-electron chi connectivity index (χ2n) is 8.09. The van der Waals surface area contributed by atoms with E-state index < -0.39 is 0 Å². The average Bonchev–Trinajstić information content (AvgIpc) is 3.29. The Bertz CT molecular complexity index is 1450. The Kier molecular flexibility index (Phi) is 5.80. The van der Waals surface area contributed by atoms with E-state index in [-0.39, 0.29) is 36.4 Å². The lowest BCUT2D eigenvalue weighted by atomic mass is 10.1. The van der Waals surface area contributed by atoms with E-state index in [2.05, 4.69) is 41.4 Å². The average molecular weight is 470 g/mol. The van der Waals surface area contributed by atoms with Gasteiger partial charge in [-0.05, 0) is 30.2 Å². The zero-order valence-corrected chi connectivity index (χ0v) is 18.8. The number of H-pyrrole nitrogens is 1. The summed E-state index contributed by atoms with van der Waals surface area (Å²) in [7, 11) is 0. The van der Waals surface area contributed by atoms with Crippen molar-refractivity contribution in [2.75, 3.05) is 22.5 Å². The van der Waals surface area contributed by atoms with Gasteiger partial charge in [-0.3, -0.25) is 19.5 Å². The topological polar surface area (TPSA) is 154 Å². The van der Waals surface area contributed by atoms with Crippen molar-refractivity contribution in [1.82, 2.24) is 25.5 Å². The summed E-state index contributed by atoms with van der Waals surface area (Å²) in [6.45, 7) is 2.48. The molecule has 0 fully saturated rings. The van der Waals surface area contributed by atoms with Crippen molar-refractivity contribution in [3.63, 3.8) is 0 Å². The zero-order valence-electron chi connectivity index (χ0n) is 18.8. The molecule has 0 aliphatic carbocycles. The van der Waals surface area contributed by atoms with Crippen LogP contribution in [0.4, 0.5) is 17.2 Å². The molecule has 0 bridgehead atoms. The standard InChI is InChI=1S/C24H22N8O3/c1-13(33)16-5-2-14(3-6-16)9-26-23-21-20(31-32-23)22(29-12-28-21)24(35)27-10-15-4-7-17-18(8-15)30-19(34)11-25-17/h2-8,12,25H,9-11H2,1H3,(H,27,35)(H,30,34)(H2,26,31,32). The molecule has 11 heteroatoms. The van der Waals surface area contributed by atoms with Crippen LogP contribution in [-0.2, 0) is 17.9 Å². The number of aromatic amines is 1. The van der Waals surface area contributed by atoms with Gasteiger partial charge in [0.05, 0.1) is 17.9 Å². The third kappa shape index (κ3) is 4.64. The van der Waals surface area contributed by atoms with E-state index in [0.29, 0.717) is 34.6 Å². The van der Waals surface area contributed by atoms with Crippen LogP contribution >= 0.6 is 0 Å². The first-order chi connectivity index (χ1) is 17.0. The van der Waals surface area contributed by atoms with Crippen molar-refractivity contribution in [3.8, 4) is 0 Å². The second-order valence-corrected chi connectivity index (χ2v) is 8.09. The van der Waals surface area contributed by atoms with Crippen molar-refractivity contribution in [2.45, 2.75) is 20.0 Å². The Labute approximate surface area is 199 Å². The largest absolute Gasteiger partial charge is 0.374 e. The van der Waals surface area contributed by atoms with Crippen LogP contribution in [0.15, 0.2) is 48.8 Å². The van der Waals surface area contributed by atoms with Gasteiger partial charge < -0.3 is 21.3 Å². The summed E-state index contributed by atoms with van der Waals surface area (Å²) in [5, 5.41) is 19.0. The minimum Gasteiger partial charge on any atom is -0.374 e. The number of ketones is 1. The van der Waals surface area contributed by atoms with E-state index in [1.807, 2.05) is 30.3 Å². The SMILES string of the molecule is CC(=O)c1ccc(CNc2n[nH]c3c(C(=O)NCc4ccc5c(c4)NC(=O)CN5)ncnc23)cc1. The molecule has 5 rings (SSSR count). The molecule has 4 aromatic rings. The van der Waals surface area contributed by atoms with Gasteiger partial charge in [0, 0.05) is 18.7 Å². The molecule has 0 saturated heterocycles. The Morgan fingerprint density at radius 3 is 2.60 bits per heavy atom. The van der Waals surface area contributed by atoms with Crippen LogP contribution in [0.3, 0.4) is 0 Å². The number of Topliss-reactive ketones (excluding diaryl/α,β-unsaturated/α-hetero) is 1. The van der Waals surface area contributed by atoms with Crippen LogP contribution in [0.5, 0.6) is 0 Å². The molecule has 0 radical (unpaired) electrons. The van der Waals surface area contributed by atoms with E-state index in [9.17, 15) is 14.4 Å². The van der Waals surface area contributed by atoms with Crippen molar-refractivity contribution >= 4 is 45.8 Å². The molecule has 3 heterocycles. The highest BCUT2D eigenvalue weighted by molar-refractivity contribution is 6.05. The first kappa shape index (κ1) is 22.0. The Morgan fingerprint density at radius 2 is 1.80 bits per heavy atom. The normalized spacial score (nSPS) is 12.4. The summed E-state index contributed by atoms with van der Waals surface area (Å²) >= 11 is 0. The molecule has 0 unspecified atom stereocenters. The van der Waals surface area contributed by atoms with Crippen molar-refractivity contribution in [3.05, 3.63) is 71.2 Å². The zero-order chi connectivity index (χ0) is 24.4. The van der Waals surface area contributed by atoms with Crippen LogP contribution in [0, 0.1) is 0 Å². The molecule has 35 heavy (non-hydrogen) atoms. The molecule has 11 nitrogen and oxygen atoms in total. The molecule has 5 N–H and O–H groups in total. The van der Waals surface area contributed by atoms with Gasteiger partial charge in [0.15, 0.2) is 17.3 Å². The summed E-state index contributed by atoms with van der Waals surface area (Å²) in [5.41, 5.74) is 5.05. The van der Waals surface area contributed by atoms with Crippen molar-refractivity contribution in [2.24, 2.45) is 0 Å². The maximum atomic E-state index is 12.9. The number of rotatable bonds is 7. The number of nitrogens with zero attached hydrogens (tertiary/aromatic N) is 3. The highest BCUT2D eigenvalue weighted by atomic mass is 16.2. The summed E-state index contributed by atoms with van der Waals surface area (Å²) < 4.78 is 0. The van der Waals surface area contributed by atoms with Gasteiger partial charge in [-0.25, -0.2) is 9.97 Å². The minimum absolute atomic E-state index is 0.0145. The number of carbonyl (C=O) groups excluding carboxylic acids is 3. The summed E-state index contributed by atoms with van der Waals surface area (Å²) in [4.78, 5) is 44.3. The predicted molar refractivity (Wildman–Crippen MR) is 130 cm³/mol. The fourth-order valence-electron chi connectivity index (χ4n) is 3.77. The number of amides is 2. The van der Waals surface area contributed by atoms with Crippen LogP contribution in [-0.4, -0.2) is 44.3 Å². The van der Waals surface area contributed by atoms with E-state index in [1.165, 1.54) is 13.3 Å². The highest BCUT2D eigenvalue weighted by Gasteiger charge is 2.18. The van der Waals surface area contributed by atoms with Gasteiger partial charge in [0.1, 0.15) is 17.4 Å². The molecular weight excluding hydrogens is 448 g/mol. The summed E-state index contributed by atoms with van der Waals surface area (Å²) in [6, 6.07) is 12.8. The Morgan fingerprint density at radius 1 is 1.00 bits per heavy atom. The van der Waals surface area contributed by atoms with Crippen LogP contribution < -0.4 is 21.3 Å². The van der Waals surface area contributed by atoms with Crippen LogP contribution in [0.1, 0.15) is 38.9 Å². The monoisotopic (exact) mass is 470 g/mol. The third-order valence-electron chi connectivity index (χ3n) is 5.64. The number of aromatic nitrogens is 4. The lowest BCUT2D eigenvalue weighted by molar-refractivity contribution is -0.114. The third-order valence-corrected chi connectivity index (χ3v) is 5.64. The molecular formula is C24H22N8O3. The van der Waals surface area contributed by atoms with E-state index in [0.717, 1.165) is 16.8 Å². The molecule has 0 spiro atoms. The Balaban J connectivity index is 1.27. The smallest absolute Gasteiger partial charge is 0.272 e. The molecule has 1 aliphatic rings. The van der Waals surface area contributed by atoms with Crippen LogP contribution in [0.25, 0.3) is 11.0 Å². The van der Waals surface area contributed by atoms with Gasteiger partial charge in [0.2, 0.25) is 5.91 Å². The predicted octanol–water partition coefficient (Wildman–Crippen LogP) is 2.46. The van der Waals surface area contributed by atoms with Gasteiger partial charge in [-0.1, -0.05) is 30.3 Å². The molecule has 2 aromatic heterocycles. The van der Waals surface area contributed by atoms with E-state index >= 15 is 0 Å². The van der Waals surface area contributed by atoms with Crippen molar-refractivity contribution in [1.29, 1.82) is 0 Å². The number of benzene rings is 2.